The topological polar surface area (TPSA) is 104 Å². The standard InChI is InChI=1S/C30H42N2O7/c1-29(2,3)38-27(33)31-17-23-25(35-19-21-13-9-7-10-14-21)26(36-20-22-15-11-8-12-16-22)24(37-23)18-32-28(34)39-30(4,5)6/h7-16,23-26H,17-20H2,1-6H3,(H,31,33)(H,32,34)/t23-,24-,25+,26+/m0/s1. The number of amides is 2. The predicted molar refractivity (Wildman–Crippen MR) is 147 cm³/mol. The van der Waals surface area contributed by atoms with Gasteiger partial charge in [0.2, 0.25) is 0 Å². The summed E-state index contributed by atoms with van der Waals surface area (Å²) in [6.07, 6.45) is -3.27. The van der Waals surface area contributed by atoms with Gasteiger partial charge in [0.1, 0.15) is 35.6 Å². The first-order chi connectivity index (χ1) is 18.4. The van der Waals surface area contributed by atoms with Gasteiger partial charge in [-0.1, -0.05) is 60.7 Å². The van der Waals surface area contributed by atoms with Crippen LogP contribution in [0.15, 0.2) is 60.7 Å². The number of rotatable bonds is 10. The van der Waals surface area contributed by atoms with E-state index in [1.54, 1.807) is 41.5 Å². The molecule has 1 fully saturated rings. The molecule has 2 N–H and O–H groups in total. The Hall–Kier alpha value is -3.14. The van der Waals surface area contributed by atoms with Gasteiger partial charge in [-0.25, -0.2) is 9.59 Å². The summed E-state index contributed by atoms with van der Waals surface area (Å²) in [5.41, 5.74) is 0.720. The van der Waals surface area contributed by atoms with Crippen molar-refractivity contribution >= 4 is 12.2 Å². The minimum Gasteiger partial charge on any atom is -0.444 e. The molecule has 214 valence electrons. The van der Waals surface area contributed by atoms with Gasteiger partial charge >= 0.3 is 12.2 Å². The second-order valence-corrected chi connectivity index (χ2v) is 11.5. The molecular formula is C30H42N2O7. The van der Waals surface area contributed by atoms with E-state index in [0.29, 0.717) is 13.2 Å². The summed E-state index contributed by atoms with van der Waals surface area (Å²) in [5.74, 6) is 0. The molecule has 1 saturated heterocycles. The highest BCUT2D eigenvalue weighted by atomic mass is 16.6. The summed E-state index contributed by atoms with van der Waals surface area (Å²) in [6, 6.07) is 19.6. The highest BCUT2D eigenvalue weighted by Gasteiger charge is 2.46. The summed E-state index contributed by atoms with van der Waals surface area (Å²) in [5, 5.41) is 5.57. The summed E-state index contributed by atoms with van der Waals surface area (Å²) in [7, 11) is 0. The zero-order valence-corrected chi connectivity index (χ0v) is 23.8. The molecule has 3 rings (SSSR count). The van der Waals surface area contributed by atoms with Crippen molar-refractivity contribution in [2.75, 3.05) is 13.1 Å². The Balaban J connectivity index is 1.77. The first-order valence-corrected chi connectivity index (χ1v) is 13.3. The van der Waals surface area contributed by atoms with E-state index in [0.717, 1.165) is 11.1 Å². The number of ether oxygens (including phenoxy) is 5. The maximum atomic E-state index is 12.4. The zero-order valence-electron chi connectivity index (χ0n) is 23.8. The monoisotopic (exact) mass is 542 g/mol. The minimum absolute atomic E-state index is 0.141. The number of alkyl carbamates (subject to hydrolysis) is 2. The van der Waals surface area contributed by atoms with Gasteiger partial charge in [-0.05, 0) is 52.7 Å². The molecule has 0 unspecified atom stereocenters. The Labute approximate surface area is 231 Å². The van der Waals surface area contributed by atoms with Crippen LogP contribution >= 0.6 is 0 Å². The Morgan fingerprint density at radius 2 is 1.03 bits per heavy atom. The number of carbonyl (C=O) groups is 2. The SMILES string of the molecule is CC(C)(C)OC(=O)NC[C@@H]1O[C@@H](CNC(=O)OC(C)(C)C)[C@@H](OCc2ccccc2)[C@@H]1OCc1ccccc1. The molecule has 39 heavy (non-hydrogen) atoms. The Kier molecular flexibility index (Phi) is 10.7. The average Bonchev–Trinajstić information content (AvgIpc) is 3.19. The molecule has 2 aromatic carbocycles. The van der Waals surface area contributed by atoms with Crippen molar-refractivity contribution in [3.63, 3.8) is 0 Å². The van der Waals surface area contributed by atoms with Crippen molar-refractivity contribution in [1.82, 2.24) is 10.6 Å². The molecule has 9 nitrogen and oxygen atoms in total. The molecule has 9 heteroatoms. The smallest absolute Gasteiger partial charge is 0.407 e. The summed E-state index contributed by atoms with van der Waals surface area (Å²) in [4.78, 5) is 24.8. The van der Waals surface area contributed by atoms with E-state index in [2.05, 4.69) is 10.6 Å². The van der Waals surface area contributed by atoms with E-state index in [1.165, 1.54) is 0 Å². The molecule has 0 radical (unpaired) electrons. The van der Waals surface area contributed by atoms with Gasteiger partial charge < -0.3 is 34.3 Å². The number of nitrogens with one attached hydrogen (secondary N) is 2. The van der Waals surface area contributed by atoms with Crippen molar-refractivity contribution in [1.29, 1.82) is 0 Å². The number of carbonyl (C=O) groups excluding carboxylic acids is 2. The van der Waals surface area contributed by atoms with Gasteiger partial charge in [-0.3, -0.25) is 0 Å². The van der Waals surface area contributed by atoms with E-state index in [1.807, 2.05) is 60.7 Å². The molecule has 2 amide bonds. The van der Waals surface area contributed by atoms with Crippen LogP contribution < -0.4 is 10.6 Å². The van der Waals surface area contributed by atoms with Crippen LogP contribution in [-0.4, -0.2) is 60.9 Å². The molecule has 0 saturated carbocycles. The fourth-order valence-corrected chi connectivity index (χ4v) is 4.06. The fourth-order valence-electron chi connectivity index (χ4n) is 4.06. The second-order valence-electron chi connectivity index (χ2n) is 11.5. The van der Waals surface area contributed by atoms with Crippen LogP contribution in [0.1, 0.15) is 52.7 Å². The van der Waals surface area contributed by atoms with Crippen molar-refractivity contribution in [2.24, 2.45) is 0 Å². The normalized spacial score (nSPS) is 21.3. The fraction of sp³-hybridized carbons (Fsp3) is 0.533. The van der Waals surface area contributed by atoms with Crippen LogP contribution in [0.3, 0.4) is 0 Å². The Bertz CT molecular complexity index is 951. The van der Waals surface area contributed by atoms with Crippen LogP contribution in [0.25, 0.3) is 0 Å². The van der Waals surface area contributed by atoms with E-state index in [9.17, 15) is 9.59 Å². The molecule has 1 aliphatic heterocycles. The van der Waals surface area contributed by atoms with Gasteiger partial charge in [0, 0.05) is 13.1 Å². The molecule has 0 aliphatic carbocycles. The quantitative estimate of drug-likeness (QED) is 0.437. The minimum atomic E-state index is -0.634. The van der Waals surface area contributed by atoms with Gasteiger partial charge in [-0.15, -0.1) is 0 Å². The van der Waals surface area contributed by atoms with Crippen molar-refractivity contribution < 1.29 is 33.3 Å². The van der Waals surface area contributed by atoms with E-state index in [4.69, 9.17) is 23.7 Å². The Morgan fingerprint density at radius 1 is 0.667 bits per heavy atom. The van der Waals surface area contributed by atoms with Crippen LogP contribution in [0.4, 0.5) is 9.59 Å². The van der Waals surface area contributed by atoms with Crippen LogP contribution in [0.5, 0.6) is 0 Å². The lowest BCUT2D eigenvalue weighted by Crippen LogP contribution is -2.45. The Morgan fingerprint density at radius 3 is 1.36 bits per heavy atom. The highest BCUT2D eigenvalue weighted by Crippen LogP contribution is 2.28. The molecule has 2 aromatic rings. The third-order valence-corrected chi connectivity index (χ3v) is 5.67. The molecule has 0 aromatic heterocycles. The molecule has 0 spiro atoms. The maximum Gasteiger partial charge on any atom is 0.407 e. The number of benzene rings is 2. The van der Waals surface area contributed by atoms with E-state index in [-0.39, 0.29) is 13.1 Å². The van der Waals surface area contributed by atoms with Crippen LogP contribution in [-0.2, 0) is 36.9 Å². The molecule has 1 aliphatic rings. The van der Waals surface area contributed by atoms with Crippen molar-refractivity contribution in [3.05, 3.63) is 71.8 Å². The first-order valence-electron chi connectivity index (χ1n) is 13.3. The largest absolute Gasteiger partial charge is 0.444 e. The lowest BCUT2D eigenvalue weighted by Gasteiger charge is -2.26. The predicted octanol–water partition coefficient (Wildman–Crippen LogP) is 4.97. The maximum absolute atomic E-state index is 12.4. The molecule has 0 bridgehead atoms. The third kappa shape index (κ3) is 10.9. The van der Waals surface area contributed by atoms with E-state index < -0.39 is 47.8 Å². The number of hydrogen-bond acceptors (Lipinski definition) is 7. The van der Waals surface area contributed by atoms with Gasteiger partial charge in [-0.2, -0.15) is 0 Å². The summed E-state index contributed by atoms with van der Waals surface area (Å²) >= 11 is 0. The first kappa shape index (κ1) is 30.4. The van der Waals surface area contributed by atoms with Gasteiger partial charge in [0.25, 0.3) is 0 Å². The van der Waals surface area contributed by atoms with E-state index >= 15 is 0 Å². The van der Waals surface area contributed by atoms with Gasteiger partial charge in [0.05, 0.1) is 13.2 Å². The molecule has 4 atom stereocenters. The van der Waals surface area contributed by atoms with Crippen LogP contribution in [0.2, 0.25) is 0 Å². The van der Waals surface area contributed by atoms with Crippen molar-refractivity contribution in [3.8, 4) is 0 Å². The highest BCUT2D eigenvalue weighted by molar-refractivity contribution is 5.68. The zero-order chi connectivity index (χ0) is 28.5. The molecule has 1 heterocycles. The lowest BCUT2D eigenvalue weighted by atomic mass is 10.1. The molecular weight excluding hydrogens is 500 g/mol. The number of hydrogen-bond donors (Lipinski definition) is 2. The lowest BCUT2D eigenvalue weighted by molar-refractivity contribution is -0.0783. The van der Waals surface area contributed by atoms with Gasteiger partial charge in [0.15, 0.2) is 0 Å². The second kappa shape index (κ2) is 13.8. The summed E-state index contributed by atoms with van der Waals surface area (Å²) in [6.45, 7) is 11.8. The summed E-state index contributed by atoms with van der Waals surface area (Å²) < 4.78 is 29.9. The van der Waals surface area contributed by atoms with Crippen LogP contribution in [0, 0.1) is 0 Å². The van der Waals surface area contributed by atoms with Crippen molar-refractivity contribution in [2.45, 2.75) is 90.4 Å². The third-order valence-electron chi connectivity index (χ3n) is 5.67. The average molecular weight is 543 g/mol.